The van der Waals surface area contributed by atoms with Crippen LogP contribution >= 0.6 is 12.2 Å². The summed E-state index contributed by atoms with van der Waals surface area (Å²) >= 11 is 5.14. The second kappa shape index (κ2) is 8.85. The lowest BCUT2D eigenvalue weighted by Gasteiger charge is -2.08. The van der Waals surface area contributed by atoms with E-state index in [9.17, 15) is 4.39 Å². The van der Waals surface area contributed by atoms with E-state index in [1.54, 1.807) is 18.3 Å². The van der Waals surface area contributed by atoms with Crippen LogP contribution in [0, 0.1) is 5.82 Å². The van der Waals surface area contributed by atoms with Crippen LogP contribution in [-0.2, 0) is 6.54 Å². The molecule has 23 heavy (non-hydrogen) atoms. The van der Waals surface area contributed by atoms with Gasteiger partial charge in [0.05, 0.1) is 12.8 Å². The Morgan fingerprint density at radius 3 is 2.70 bits per heavy atom. The highest BCUT2D eigenvalue weighted by atomic mass is 32.1. The number of nitrogens with one attached hydrogen (secondary N) is 2. The summed E-state index contributed by atoms with van der Waals surface area (Å²) in [7, 11) is 0. The van der Waals surface area contributed by atoms with Gasteiger partial charge in [-0.3, -0.25) is 5.43 Å². The van der Waals surface area contributed by atoms with Crippen molar-refractivity contribution in [3.05, 3.63) is 65.5 Å². The predicted octanol–water partition coefficient (Wildman–Crippen LogP) is 3.22. The van der Waals surface area contributed by atoms with E-state index >= 15 is 0 Å². The van der Waals surface area contributed by atoms with Gasteiger partial charge in [-0.1, -0.05) is 24.3 Å². The molecular weight excluding hydrogens is 313 g/mol. The molecular formula is C17H18FN3OS. The van der Waals surface area contributed by atoms with Crippen molar-refractivity contribution in [3.8, 4) is 5.75 Å². The van der Waals surface area contributed by atoms with Crippen molar-refractivity contribution in [1.29, 1.82) is 0 Å². The predicted molar refractivity (Wildman–Crippen MR) is 94.2 cm³/mol. The summed E-state index contributed by atoms with van der Waals surface area (Å²) in [5, 5.41) is 7.48. The Morgan fingerprint density at radius 1 is 1.22 bits per heavy atom. The first-order valence-corrected chi connectivity index (χ1v) is 7.63. The molecule has 120 valence electrons. The van der Waals surface area contributed by atoms with E-state index < -0.39 is 0 Å². The van der Waals surface area contributed by atoms with Crippen LogP contribution in [0.3, 0.4) is 0 Å². The minimum Gasteiger partial charge on any atom is -0.493 e. The number of rotatable bonds is 6. The normalized spacial score (nSPS) is 10.5. The van der Waals surface area contributed by atoms with E-state index in [4.69, 9.17) is 17.0 Å². The third kappa shape index (κ3) is 5.67. The molecule has 0 saturated heterocycles. The Bertz CT molecular complexity index is 674. The van der Waals surface area contributed by atoms with Crippen molar-refractivity contribution in [3.63, 3.8) is 0 Å². The van der Waals surface area contributed by atoms with E-state index in [1.807, 2.05) is 31.2 Å². The topological polar surface area (TPSA) is 45.6 Å². The molecule has 0 atom stereocenters. The highest BCUT2D eigenvalue weighted by Crippen LogP contribution is 2.15. The van der Waals surface area contributed by atoms with Gasteiger partial charge in [0, 0.05) is 12.1 Å². The van der Waals surface area contributed by atoms with Gasteiger partial charge in [0.1, 0.15) is 11.6 Å². The lowest BCUT2D eigenvalue weighted by atomic mass is 10.2. The number of halogens is 1. The van der Waals surface area contributed by atoms with Crippen molar-refractivity contribution >= 4 is 23.5 Å². The summed E-state index contributed by atoms with van der Waals surface area (Å²) in [6.07, 6.45) is 1.65. The Hall–Kier alpha value is -2.47. The van der Waals surface area contributed by atoms with Crippen LogP contribution in [0.15, 0.2) is 53.6 Å². The van der Waals surface area contributed by atoms with Crippen LogP contribution in [0.1, 0.15) is 18.1 Å². The number of ether oxygens (including phenoxy) is 1. The highest BCUT2D eigenvalue weighted by molar-refractivity contribution is 7.80. The minimum absolute atomic E-state index is 0.257. The van der Waals surface area contributed by atoms with E-state index in [2.05, 4.69) is 15.8 Å². The molecule has 0 aliphatic rings. The summed E-state index contributed by atoms with van der Waals surface area (Å²) < 4.78 is 18.3. The van der Waals surface area contributed by atoms with Gasteiger partial charge in [-0.15, -0.1) is 0 Å². The molecule has 0 fully saturated rings. The molecule has 0 spiro atoms. The second-order valence-corrected chi connectivity index (χ2v) is 5.06. The molecule has 0 bridgehead atoms. The third-order valence-electron chi connectivity index (χ3n) is 2.95. The summed E-state index contributed by atoms with van der Waals surface area (Å²) in [6, 6.07) is 13.8. The SMILES string of the molecule is CCOc1ccccc1/C=N\NC(=S)NCc1ccc(F)cc1. The van der Waals surface area contributed by atoms with Crippen LogP contribution in [0.5, 0.6) is 5.75 Å². The Balaban J connectivity index is 1.83. The quantitative estimate of drug-likeness (QED) is 0.485. The molecule has 0 aromatic heterocycles. The van der Waals surface area contributed by atoms with Gasteiger partial charge in [-0.25, -0.2) is 4.39 Å². The molecule has 2 aromatic carbocycles. The number of nitrogens with zero attached hydrogens (tertiary/aromatic N) is 1. The number of para-hydroxylation sites is 1. The van der Waals surface area contributed by atoms with Gasteiger partial charge < -0.3 is 10.1 Å². The number of benzene rings is 2. The maximum atomic E-state index is 12.8. The van der Waals surface area contributed by atoms with Gasteiger partial charge in [-0.05, 0) is 49.0 Å². The van der Waals surface area contributed by atoms with Gasteiger partial charge in [0.2, 0.25) is 0 Å². The van der Waals surface area contributed by atoms with Crippen molar-refractivity contribution in [1.82, 2.24) is 10.7 Å². The van der Waals surface area contributed by atoms with Gasteiger partial charge in [0.25, 0.3) is 0 Å². The van der Waals surface area contributed by atoms with E-state index in [1.165, 1.54) is 12.1 Å². The van der Waals surface area contributed by atoms with E-state index in [0.717, 1.165) is 16.9 Å². The zero-order chi connectivity index (χ0) is 16.5. The maximum absolute atomic E-state index is 12.8. The van der Waals surface area contributed by atoms with Crippen molar-refractivity contribution in [2.75, 3.05) is 6.61 Å². The highest BCUT2D eigenvalue weighted by Gasteiger charge is 1.99. The molecule has 2 N–H and O–H groups in total. The third-order valence-corrected chi connectivity index (χ3v) is 3.19. The van der Waals surface area contributed by atoms with Crippen LogP contribution in [0.2, 0.25) is 0 Å². The molecule has 0 aliphatic heterocycles. The summed E-state index contributed by atoms with van der Waals surface area (Å²) in [5.74, 6) is 0.512. The largest absolute Gasteiger partial charge is 0.493 e. The lowest BCUT2D eigenvalue weighted by molar-refractivity contribution is 0.340. The first-order chi connectivity index (χ1) is 11.2. The van der Waals surface area contributed by atoms with Gasteiger partial charge in [0.15, 0.2) is 5.11 Å². The number of thiocarbonyl (C=S) groups is 1. The van der Waals surface area contributed by atoms with Gasteiger partial charge in [-0.2, -0.15) is 5.10 Å². The fourth-order valence-corrected chi connectivity index (χ4v) is 1.98. The molecule has 0 radical (unpaired) electrons. The number of hydrazone groups is 1. The monoisotopic (exact) mass is 331 g/mol. The number of hydrogen-bond acceptors (Lipinski definition) is 3. The summed E-state index contributed by atoms with van der Waals surface area (Å²) in [5.41, 5.74) is 4.54. The molecule has 4 nitrogen and oxygen atoms in total. The smallest absolute Gasteiger partial charge is 0.187 e. The van der Waals surface area contributed by atoms with Crippen molar-refractivity contribution < 1.29 is 9.13 Å². The van der Waals surface area contributed by atoms with Gasteiger partial charge >= 0.3 is 0 Å². The van der Waals surface area contributed by atoms with Crippen LogP contribution in [-0.4, -0.2) is 17.9 Å². The first-order valence-electron chi connectivity index (χ1n) is 7.22. The van der Waals surface area contributed by atoms with Crippen LogP contribution in [0.25, 0.3) is 0 Å². The van der Waals surface area contributed by atoms with Crippen LogP contribution in [0.4, 0.5) is 4.39 Å². The zero-order valence-corrected chi connectivity index (χ0v) is 13.6. The molecule has 0 saturated carbocycles. The molecule has 2 rings (SSSR count). The summed E-state index contributed by atoms with van der Waals surface area (Å²) in [6.45, 7) is 3.02. The molecule has 0 amide bonds. The zero-order valence-electron chi connectivity index (χ0n) is 12.8. The maximum Gasteiger partial charge on any atom is 0.187 e. The summed E-state index contributed by atoms with van der Waals surface area (Å²) in [4.78, 5) is 0. The molecule has 0 aliphatic carbocycles. The lowest BCUT2D eigenvalue weighted by Crippen LogP contribution is -2.31. The minimum atomic E-state index is -0.257. The molecule has 0 unspecified atom stereocenters. The average molecular weight is 331 g/mol. The molecule has 2 aromatic rings. The fraction of sp³-hybridized carbons (Fsp3) is 0.176. The van der Waals surface area contributed by atoms with E-state index in [0.29, 0.717) is 18.3 Å². The first kappa shape index (κ1) is 16.9. The fourth-order valence-electron chi connectivity index (χ4n) is 1.86. The standard InChI is InChI=1S/C17H18FN3OS/c1-2-22-16-6-4-3-5-14(16)12-20-21-17(23)19-11-13-7-9-15(18)10-8-13/h3-10,12H,2,11H2,1H3,(H2,19,21,23)/b20-12-. The molecule has 6 heteroatoms. The van der Waals surface area contributed by atoms with Crippen molar-refractivity contribution in [2.24, 2.45) is 5.10 Å². The van der Waals surface area contributed by atoms with E-state index in [-0.39, 0.29) is 5.82 Å². The Morgan fingerprint density at radius 2 is 1.96 bits per heavy atom. The second-order valence-electron chi connectivity index (χ2n) is 4.65. The Kier molecular flexibility index (Phi) is 6.50. The number of hydrogen-bond donors (Lipinski definition) is 2. The Labute approximate surface area is 140 Å². The molecule has 0 heterocycles. The van der Waals surface area contributed by atoms with Crippen LogP contribution < -0.4 is 15.5 Å². The average Bonchev–Trinajstić information content (AvgIpc) is 2.56. The van der Waals surface area contributed by atoms with Crippen molar-refractivity contribution in [2.45, 2.75) is 13.5 Å².